The third-order valence-electron chi connectivity index (χ3n) is 4.66. The predicted octanol–water partition coefficient (Wildman–Crippen LogP) is 2.55. The summed E-state index contributed by atoms with van der Waals surface area (Å²) in [6.07, 6.45) is -3.03. The number of alkyl halides is 3. The van der Waals surface area contributed by atoms with Crippen LogP contribution in [-0.4, -0.2) is 36.8 Å². The summed E-state index contributed by atoms with van der Waals surface area (Å²) in [5.74, 6) is 0.0566. The van der Waals surface area contributed by atoms with Gasteiger partial charge in [0.25, 0.3) is 0 Å². The van der Waals surface area contributed by atoms with E-state index in [2.05, 4.69) is 4.74 Å². The van der Waals surface area contributed by atoms with Crippen LogP contribution >= 0.6 is 0 Å². The van der Waals surface area contributed by atoms with Crippen LogP contribution in [0.25, 0.3) is 0 Å². The minimum atomic E-state index is -4.41. The summed E-state index contributed by atoms with van der Waals surface area (Å²) in [6.45, 7) is -1.38. The number of hydrogen-bond acceptors (Lipinski definition) is 4. The van der Waals surface area contributed by atoms with Gasteiger partial charge >= 0.3 is 6.18 Å². The third kappa shape index (κ3) is 3.19. The maximum atomic E-state index is 12.1. The van der Waals surface area contributed by atoms with Gasteiger partial charge in [0, 0.05) is 0 Å². The molecule has 2 heterocycles. The fourth-order valence-electron chi connectivity index (χ4n) is 3.51. The summed E-state index contributed by atoms with van der Waals surface area (Å²) in [6, 6.07) is 5.74. The van der Waals surface area contributed by atoms with E-state index < -0.39 is 38.7 Å². The second-order valence-electron chi connectivity index (χ2n) is 6.28. The van der Waals surface area contributed by atoms with Gasteiger partial charge in [0.2, 0.25) is 0 Å². The molecule has 3 rings (SSSR count). The van der Waals surface area contributed by atoms with Crippen LogP contribution in [0.4, 0.5) is 13.2 Å². The SMILES string of the molecule is O=S1(=O)C2CCC1CC(O)(c1ccc(OCC(F)(F)F)cc1)C2. The van der Waals surface area contributed by atoms with Crippen molar-refractivity contribution in [3.05, 3.63) is 29.8 Å². The number of hydrogen-bond donors (Lipinski definition) is 1. The minimum absolute atomic E-state index is 0.0566. The number of benzene rings is 1. The second-order valence-corrected chi connectivity index (χ2v) is 8.79. The molecule has 2 atom stereocenters. The summed E-state index contributed by atoms with van der Waals surface area (Å²) in [7, 11) is -3.15. The highest BCUT2D eigenvalue weighted by Gasteiger charge is 2.53. The van der Waals surface area contributed by atoms with Crippen LogP contribution < -0.4 is 4.74 Å². The van der Waals surface area contributed by atoms with E-state index >= 15 is 0 Å². The fraction of sp³-hybridized carbons (Fsp3) is 0.600. The number of aliphatic hydroxyl groups is 1. The zero-order valence-electron chi connectivity index (χ0n) is 12.2. The molecule has 2 saturated heterocycles. The van der Waals surface area contributed by atoms with Crippen molar-refractivity contribution in [1.29, 1.82) is 0 Å². The Hall–Kier alpha value is -1.28. The van der Waals surface area contributed by atoms with Gasteiger partial charge in [-0.3, -0.25) is 0 Å². The van der Waals surface area contributed by atoms with Gasteiger partial charge in [-0.25, -0.2) is 8.42 Å². The molecule has 1 aromatic rings. The lowest BCUT2D eigenvalue weighted by Crippen LogP contribution is -2.43. The van der Waals surface area contributed by atoms with Crippen molar-refractivity contribution in [2.75, 3.05) is 6.61 Å². The number of sulfone groups is 1. The van der Waals surface area contributed by atoms with Gasteiger partial charge in [-0.15, -0.1) is 0 Å². The molecule has 1 N–H and O–H groups in total. The molecule has 2 unspecified atom stereocenters. The molecule has 0 saturated carbocycles. The molecule has 1 aromatic carbocycles. The Labute approximate surface area is 132 Å². The van der Waals surface area contributed by atoms with Gasteiger partial charge in [0.15, 0.2) is 16.4 Å². The third-order valence-corrected chi connectivity index (χ3v) is 7.33. The quantitative estimate of drug-likeness (QED) is 0.910. The molecular formula is C15H17F3O4S. The molecule has 4 nitrogen and oxygen atoms in total. The van der Waals surface area contributed by atoms with Crippen molar-refractivity contribution in [2.45, 2.75) is 48.0 Å². The van der Waals surface area contributed by atoms with Crippen LogP contribution in [0.15, 0.2) is 24.3 Å². The maximum absolute atomic E-state index is 12.1. The van der Waals surface area contributed by atoms with E-state index in [-0.39, 0.29) is 18.6 Å². The highest BCUT2D eigenvalue weighted by molar-refractivity contribution is 7.93. The Morgan fingerprint density at radius 2 is 1.65 bits per heavy atom. The van der Waals surface area contributed by atoms with Crippen LogP contribution in [0.1, 0.15) is 31.2 Å². The molecule has 2 aliphatic rings. The average molecular weight is 350 g/mol. The molecule has 0 radical (unpaired) electrons. The fourth-order valence-corrected chi connectivity index (χ4v) is 6.00. The number of fused-ring (bicyclic) bond motifs is 2. The van der Waals surface area contributed by atoms with Gasteiger partial charge in [0.1, 0.15) is 5.75 Å². The molecule has 128 valence electrons. The second kappa shape index (κ2) is 5.37. The first kappa shape index (κ1) is 16.6. The monoisotopic (exact) mass is 350 g/mol. The molecular weight excluding hydrogens is 333 g/mol. The summed E-state index contributed by atoms with van der Waals surface area (Å²) in [5, 5.41) is 9.75. The standard InChI is InChI=1S/C15H17F3O4S/c16-15(17,18)9-22-11-3-1-10(2-4-11)14(19)7-12-5-6-13(8-14)23(12,20)21/h1-4,12-13,19H,5-9H2. The molecule has 2 fully saturated rings. The Morgan fingerprint density at radius 3 is 2.13 bits per heavy atom. The highest BCUT2D eigenvalue weighted by atomic mass is 32.2. The van der Waals surface area contributed by atoms with E-state index in [0.717, 1.165) is 0 Å². The first-order valence-corrected chi connectivity index (χ1v) is 8.96. The molecule has 2 bridgehead atoms. The number of halogens is 3. The minimum Gasteiger partial charge on any atom is -0.484 e. The van der Waals surface area contributed by atoms with Gasteiger partial charge in [-0.05, 0) is 43.4 Å². The zero-order chi connectivity index (χ0) is 16.9. The molecule has 2 aliphatic heterocycles. The van der Waals surface area contributed by atoms with Crippen molar-refractivity contribution in [1.82, 2.24) is 0 Å². The Balaban J connectivity index is 1.75. The van der Waals surface area contributed by atoms with Crippen LogP contribution in [0, 0.1) is 0 Å². The number of rotatable bonds is 3. The lowest BCUT2D eigenvalue weighted by molar-refractivity contribution is -0.153. The largest absolute Gasteiger partial charge is 0.484 e. The highest BCUT2D eigenvalue weighted by Crippen LogP contribution is 2.47. The molecule has 0 aliphatic carbocycles. The summed E-state index contributed by atoms with van der Waals surface area (Å²) < 4.78 is 65.2. The van der Waals surface area contributed by atoms with Gasteiger partial charge in [-0.1, -0.05) is 12.1 Å². The smallest absolute Gasteiger partial charge is 0.422 e. The van der Waals surface area contributed by atoms with E-state index in [1.54, 1.807) is 0 Å². The Kier molecular flexibility index (Phi) is 3.87. The van der Waals surface area contributed by atoms with Crippen molar-refractivity contribution in [3.63, 3.8) is 0 Å². The molecule has 0 spiro atoms. The van der Waals surface area contributed by atoms with Gasteiger partial charge in [0.05, 0.1) is 16.1 Å². The first-order valence-electron chi connectivity index (χ1n) is 7.35. The molecule has 23 heavy (non-hydrogen) atoms. The van der Waals surface area contributed by atoms with E-state index in [9.17, 15) is 26.7 Å². The van der Waals surface area contributed by atoms with Crippen molar-refractivity contribution in [2.24, 2.45) is 0 Å². The Morgan fingerprint density at radius 1 is 1.13 bits per heavy atom. The van der Waals surface area contributed by atoms with Gasteiger partial charge < -0.3 is 9.84 Å². The van der Waals surface area contributed by atoms with E-state index in [1.165, 1.54) is 24.3 Å². The van der Waals surface area contributed by atoms with E-state index in [4.69, 9.17) is 0 Å². The molecule has 0 amide bonds. The normalized spacial score (nSPS) is 32.7. The average Bonchev–Trinajstić information content (AvgIpc) is 2.64. The van der Waals surface area contributed by atoms with Crippen LogP contribution in [0.5, 0.6) is 5.75 Å². The summed E-state index contributed by atoms with van der Waals surface area (Å²) in [5.41, 5.74) is -0.733. The van der Waals surface area contributed by atoms with Crippen LogP contribution in [0.2, 0.25) is 0 Å². The van der Waals surface area contributed by atoms with Gasteiger partial charge in [-0.2, -0.15) is 13.2 Å². The van der Waals surface area contributed by atoms with Crippen molar-refractivity contribution >= 4 is 9.84 Å². The van der Waals surface area contributed by atoms with Crippen molar-refractivity contribution < 1.29 is 31.4 Å². The molecule has 0 aromatic heterocycles. The van der Waals surface area contributed by atoms with Crippen LogP contribution in [0.3, 0.4) is 0 Å². The molecule has 8 heteroatoms. The van der Waals surface area contributed by atoms with Crippen molar-refractivity contribution in [3.8, 4) is 5.75 Å². The lowest BCUT2D eigenvalue weighted by Gasteiger charge is -2.36. The zero-order valence-corrected chi connectivity index (χ0v) is 13.0. The van der Waals surface area contributed by atoms with Crippen LogP contribution in [-0.2, 0) is 15.4 Å². The lowest BCUT2D eigenvalue weighted by atomic mass is 9.86. The number of ether oxygens (including phenoxy) is 1. The predicted molar refractivity (Wildman–Crippen MR) is 76.9 cm³/mol. The first-order chi connectivity index (χ1) is 10.6. The van der Waals surface area contributed by atoms with E-state index in [1.807, 2.05) is 0 Å². The topological polar surface area (TPSA) is 63.6 Å². The Bertz CT molecular complexity index is 662. The summed E-state index contributed by atoms with van der Waals surface area (Å²) in [4.78, 5) is 0. The maximum Gasteiger partial charge on any atom is 0.422 e. The van der Waals surface area contributed by atoms with E-state index in [0.29, 0.717) is 18.4 Å². The summed E-state index contributed by atoms with van der Waals surface area (Å²) >= 11 is 0.